The molecule has 2 aliphatic carbocycles. The Kier molecular flexibility index (Phi) is 4.99. The van der Waals surface area contributed by atoms with Crippen LogP contribution in [0.1, 0.15) is 65.2 Å². The Labute approximate surface area is 128 Å². The van der Waals surface area contributed by atoms with Crippen LogP contribution < -0.4 is 0 Å². The fraction of sp³-hybridized carbons (Fsp3) is 0.941. The fourth-order valence-corrected chi connectivity index (χ4v) is 3.98. The number of carboxylic acids is 1. The van der Waals surface area contributed by atoms with E-state index in [0.29, 0.717) is 43.7 Å². The zero-order valence-electron chi connectivity index (χ0n) is 13.8. The van der Waals surface area contributed by atoms with E-state index in [0.717, 1.165) is 0 Å². The van der Waals surface area contributed by atoms with E-state index in [2.05, 4.69) is 25.8 Å². The van der Waals surface area contributed by atoms with Crippen LogP contribution >= 0.6 is 0 Å². The zero-order valence-corrected chi connectivity index (χ0v) is 13.8. The Morgan fingerprint density at radius 2 is 1.62 bits per heavy atom. The minimum atomic E-state index is -0.708. The van der Waals surface area contributed by atoms with Crippen LogP contribution in [0.3, 0.4) is 0 Å². The van der Waals surface area contributed by atoms with E-state index in [1.54, 1.807) is 0 Å². The molecule has 2 saturated carbocycles. The third-order valence-corrected chi connectivity index (χ3v) is 5.74. The van der Waals surface area contributed by atoms with Crippen molar-refractivity contribution in [2.75, 3.05) is 13.6 Å². The van der Waals surface area contributed by atoms with Crippen molar-refractivity contribution in [3.05, 3.63) is 0 Å². The molecule has 4 nitrogen and oxygen atoms in total. The molecule has 2 aliphatic rings. The lowest BCUT2D eigenvalue weighted by atomic mass is 9.74. The molecule has 2 fully saturated rings. The monoisotopic (exact) mass is 297 g/mol. The predicted molar refractivity (Wildman–Crippen MR) is 83.2 cm³/mol. The van der Waals surface area contributed by atoms with Crippen molar-refractivity contribution < 1.29 is 15.0 Å². The summed E-state index contributed by atoms with van der Waals surface area (Å²) in [5.74, 6) is -0.967. The van der Waals surface area contributed by atoms with Crippen LogP contribution in [-0.4, -0.2) is 46.3 Å². The normalized spacial score (nSPS) is 34.0. The fourth-order valence-electron chi connectivity index (χ4n) is 3.98. The SMILES string of the molecule is CN(CC1(O)CCC(C(=O)O)CC1)C1CCC(C)(C)CC1. The Bertz CT molecular complexity index is 362. The summed E-state index contributed by atoms with van der Waals surface area (Å²) in [5.41, 5.74) is -0.221. The average Bonchev–Trinajstić information content (AvgIpc) is 2.38. The van der Waals surface area contributed by atoms with Gasteiger partial charge in [-0.2, -0.15) is 0 Å². The minimum absolute atomic E-state index is 0.258. The number of aliphatic carboxylic acids is 1. The van der Waals surface area contributed by atoms with Crippen molar-refractivity contribution in [3.8, 4) is 0 Å². The Balaban J connectivity index is 1.82. The molecule has 122 valence electrons. The highest BCUT2D eigenvalue weighted by Gasteiger charge is 2.38. The Morgan fingerprint density at radius 1 is 1.10 bits per heavy atom. The van der Waals surface area contributed by atoms with Crippen molar-refractivity contribution in [1.29, 1.82) is 0 Å². The number of nitrogens with zero attached hydrogens (tertiary/aromatic N) is 1. The first-order valence-electron chi connectivity index (χ1n) is 8.36. The van der Waals surface area contributed by atoms with E-state index in [4.69, 9.17) is 5.11 Å². The Hall–Kier alpha value is -0.610. The number of hydrogen-bond donors (Lipinski definition) is 2. The van der Waals surface area contributed by atoms with Crippen molar-refractivity contribution in [2.45, 2.75) is 76.9 Å². The van der Waals surface area contributed by atoms with Gasteiger partial charge in [-0.05, 0) is 63.8 Å². The van der Waals surface area contributed by atoms with Gasteiger partial charge in [0, 0.05) is 12.6 Å². The highest BCUT2D eigenvalue weighted by atomic mass is 16.4. The van der Waals surface area contributed by atoms with Gasteiger partial charge in [-0.3, -0.25) is 4.79 Å². The second-order valence-electron chi connectivity index (χ2n) is 8.15. The lowest BCUT2D eigenvalue weighted by Gasteiger charge is -2.43. The zero-order chi connectivity index (χ0) is 15.7. The van der Waals surface area contributed by atoms with Gasteiger partial charge in [0.1, 0.15) is 0 Å². The van der Waals surface area contributed by atoms with E-state index in [9.17, 15) is 9.90 Å². The molecule has 0 aromatic carbocycles. The average molecular weight is 297 g/mol. The van der Waals surface area contributed by atoms with Gasteiger partial charge < -0.3 is 15.1 Å². The molecule has 4 heteroatoms. The number of likely N-dealkylation sites (N-methyl/N-ethyl adjacent to an activating group) is 1. The van der Waals surface area contributed by atoms with Crippen LogP contribution in [0.25, 0.3) is 0 Å². The highest BCUT2D eigenvalue weighted by Crippen LogP contribution is 2.38. The maximum atomic E-state index is 11.0. The summed E-state index contributed by atoms with van der Waals surface area (Å²) in [7, 11) is 2.12. The smallest absolute Gasteiger partial charge is 0.306 e. The van der Waals surface area contributed by atoms with Crippen molar-refractivity contribution in [1.82, 2.24) is 4.90 Å². The summed E-state index contributed by atoms with van der Waals surface area (Å²) in [6.07, 6.45) is 7.37. The van der Waals surface area contributed by atoms with E-state index in [-0.39, 0.29) is 5.92 Å². The summed E-state index contributed by atoms with van der Waals surface area (Å²) in [5, 5.41) is 19.8. The maximum Gasteiger partial charge on any atom is 0.306 e. The molecule has 0 aromatic heterocycles. The second-order valence-corrected chi connectivity index (χ2v) is 8.15. The number of aliphatic hydroxyl groups is 1. The molecule has 0 heterocycles. The molecule has 0 spiro atoms. The number of carboxylic acid groups (broad SMARTS) is 1. The molecule has 0 atom stereocenters. The van der Waals surface area contributed by atoms with Crippen LogP contribution in [0.2, 0.25) is 0 Å². The lowest BCUT2D eigenvalue weighted by molar-refractivity contribution is -0.145. The summed E-state index contributed by atoms with van der Waals surface area (Å²) < 4.78 is 0. The summed E-state index contributed by atoms with van der Waals surface area (Å²) in [6.45, 7) is 5.36. The predicted octanol–water partition coefficient (Wildman–Crippen LogP) is 2.89. The van der Waals surface area contributed by atoms with Crippen LogP contribution in [0, 0.1) is 11.3 Å². The van der Waals surface area contributed by atoms with E-state index in [1.807, 2.05) is 0 Å². The van der Waals surface area contributed by atoms with Crippen LogP contribution in [0.5, 0.6) is 0 Å². The first-order valence-corrected chi connectivity index (χ1v) is 8.36. The molecule has 0 radical (unpaired) electrons. The number of rotatable bonds is 4. The third kappa shape index (κ3) is 4.43. The quantitative estimate of drug-likeness (QED) is 0.837. The molecular formula is C17H31NO3. The van der Waals surface area contributed by atoms with E-state index >= 15 is 0 Å². The molecule has 0 unspecified atom stereocenters. The van der Waals surface area contributed by atoms with Gasteiger partial charge in [0.15, 0.2) is 0 Å². The molecule has 0 aromatic rings. The molecule has 21 heavy (non-hydrogen) atoms. The number of carbonyl (C=O) groups is 1. The first kappa shape index (κ1) is 16.8. The van der Waals surface area contributed by atoms with Crippen LogP contribution in [-0.2, 0) is 4.79 Å². The van der Waals surface area contributed by atoms with Gasteiger partial charge in [0.05, 0.1) is 11.5 Å². The largest absolute Gasteiger partial charge is 0.481 e. The summed E-state index contributed by atoms with van der Waals surface area (Å²) >= 11 is 0. The highest BCUT2D eigenvalue weighted by molar-refractivity contribution is 5.70. The topological polar surface area (TPSA) is 60.8 Å². The molecule has 2 rings (SSSR count). The molecule has 0 bridgehead atoms. The standard InChI is InChI=1S/C17H31NO3/c1-16(2)8-6-14(7-9-16)18(3)12-17(21)10-4-13(5-11-17)15(19)20/h13-14,21H,4-12H2,1-3H3,(H,19,20). The summed E-state index contributed by atoms with van der Waals surface area (Å²) in [4.78, 5) is 13.3. The van der Waals surface area contributed by atoms with Gasteiger partial charge in [0.2, 0.25) is 0 Å². The molecular weight excluding hydrogens is 266 g/mol. The van der Waals surface area contributed by atoms with Gasteiger partial charge in [0.25, 0.3) is 0 Å². The van der Waals surface area contributed by atoms with Gasteiger partial charge in [-0.25, -0.2) is 0 Å². The molecule has 0 saturated heterocycles. The minimum Gasteiger partial charge on any atom is -0.481 e. The third-order valence-electron chi connectivity index (χ3n) is 5.74. The maximum absolute atomic E-state index is 11.0. The Morgan fingerprint density at radius 3 is 2.10 bits per heavy atom. The van der Waals surface area contributed by atoms with Gasteiger partial charge >= 0.3 is 5.97 Å². The molecule has 2 N–H and O–H groups in total. The lowest BCUT2D eigenvalue weighted by Crippen LogP contribution is -2.49. The van der Waals surface area contributed by atoms with E-state index < -0.39 is 11.6 Å². The van der Waals surface area contributed by atoms with Crippen molar-refractivity contribution in [2.24, 2.45) is 11.3 Å². The van der Waals surface area contributed by atoms with Crippen molar-refractivity contribution in [3.63, 3.8) is 0 Å². The second kappa shape index (κ2) is 6.25. The van der Waals surface area contributed by atoms with Crippen LogP contribution in [0.4, 0.5) is 0 Å². The van der Waals surface area contributed by atoms with Crippen LogP contribution in [0.15, 0.2) is 0 Å². The van der Waals surface area contributed by atoms with Gasteiger partial charge in [-0.1, -0.05) is 13.8 Å². The molecule has 0 amide bonds. The van der Waals surface area contributed by atoms with Crippen molar-refractivity contribution >= 4 is 5.97 Å². The molecule has 0 aliphatic heterocycles. The summed E-state index contributed by atoms with van der Waals surface area (Å²) in [6, 6.07) is 0.569. The van der Waals surface area contributed by atoms with Gasteiger partial charge in [-0.15, -0.1) is 0 Å². The van der Waals surface area contributed by atoms with E-state index in [1.165, 1.54) is 25.7 Å². The first-order chi connectivity index (χ1) is 9.71. The number of hydrogen-bond acceptors (Lipinski definition) is 3.